The summed E-state index contributed by atoms with van der Waals surface area (Å²) in [5.74, 6) is 1.45. The van der Waals surface area contributed by atoms with E-state index in [1.807, 2.05) is 65.6 Å². The smallest absolute Gasteiger partial charge is 0.253 e. The first-order valence-electron chi connectivity index (χ1n) is 10.6. The first kappa shape index (κ1) is 19.9. The number of carbonyl (C=O) groups excluding carboxylic acids is 1. The van der Waals surface area contributed by atoms with Crippen molar-refractivity contribution < 1.29 is 9.53 Å². The second-order valence-corrected chi connectivity index (χ2v) is 7.64. The third kappa shape index (κ3) is 4.37. The molecule has 2 aromatic carbocycles. The van der Waals surface area contributed by atoms with E-state index in [9.17, 15) is 4.79 Å². The van der Waals surface area contributed by atoms with Gasteiger partial charge in [0.2, 0.25) is 5.95 Å². The van der Waals surface area contributed by atoms with Crippen molar-refractivity contribution in [2.75, 3.05) is 31.1 Å². The van der Waals surface area contributed by atoms with Crippen molar-refractivity contribution in [3.05, 3.63) is 90.4 Å². The fourth-order valence-corrected chi connectivity index (χ4v) is 3.79. The number of carbonyl (C=O) groups is 1. The van der Waals surface area contributed by atoms with Crippen LogP contribution in [0.2, 0.25) is 0 Å². The van der Waals surface area contributed by atoms with Gasteiger partial charge in [0, 0.05) is 49.5 Å². The van der Waals surface area contributed by atoms with Crippen molar-refractivity contribution in [3.8, 4) is 5.75 Å². The van der Waals surface area contributed by atoms with E-state index in [2.05, 4.69) is 19.9 Å². The molecule has 1 aliphatic rings. The Labute approximate surface area is 186 Å². The molecule has 4 aromatic rings. The fraction of sp³-hybridized carbons (Fsp3) is 0.200. The van der Waals surface area contributed by atoms with Crippen molar-refractivity contribution in [1.82, 2.24) is 19.9 Å². The molecule has 0 unspecified atom stereocenters. The van der Waals surface area contributed by atoms with E-state index in [1.165, 1.54) is 0 Å². The van der Waals surface area contributed by atoms with Gasteiger partial charge in [0.05, 0.1) is 11.2 Å². The lowest BCUT2D eigenvalue weighted by molar-refractivity contribution is 0.0746. The third-order valence-corrected chi connectivity index (χ3v) is 5.55. The highest BCUT2D eigenvalue weighted by molar-refractivity contribution is 5.94. The molecule has 0 saturated carbocycles. The van der Waals surface area contributed by atoms with Crippen LogP contribution < -0.4 is 9.64 Å². The van der Waals surface area contributed by atoms with E-state index in [0.717, 1.165) is 29.7 Å². The lowest BCUT2D eigenvalue weighted by atomic mass is 10.1. The zero-order valence-electron chi connectivity index (χ0n) is 17.6. The zero-order valence-corrected chi connectivity index (χ0v) is 17.6. The maximum Gasteiger partial charge on any atom is 0.253 e. The van der Waals surface area contributed by atoms with Crippen LogP contribution in [0, 0.1) is 0 Å². The van der Waals surface area contributed by atoms with E-state index in [4.69, 9.17) is 4.74 Å². The number of para-hydroxylation sites is 1. The summed E-state index contributed by atoms with van der Waals surface area (Å²) < 4.78 is 5.88. The molecule has 3 heterocycles. The minimum Gasteiger partial charge on any atom is -0.487 e. The topological polar surface area (TPSA) is 71.5 Å². The lowest BCUT2D eigenvalue weighted by Gasteiger charge is -2.34. The fourth-order valence-electron chi connectivity index (χ4n) is 3.79. The molecule has 0 radical (unpaired) electrons. The van der Waals surface area contributed by atoms with Gasteiger partial charge in [0.15, 0.2) is 0 Å². The van der Waals surface area contributed by atoms with Crippen LogP contribution in [0.4, 0.5) is 5.95 Å². The highest BCUT2D eigenvalue weighted by Gasteiger charge is 2.23. The van der Waals surface area contributed by atoms with Crippen molar-refractivity contribution in [3.63, 3.8) is 0 Å². The molecule has 32 heavy (non-hydrogen) atoms. The van der Waals surface area contributed by atoms with Crippen LogP contribution in [-0.4, -0.2) is 51.9 Å². The number of hydrogen-bond donors (Lipinski definition) is 0. The van der Waals surface area contributed by atoms with E-state index in [1.54, 1.807) is 18.5 Å². The summed E-state index contributed by atoms with van der Waals surface area (Å²) in [4.78, 5) is 30.1. The minimum atomic E-state index is 0.0291. The Balaban J connectivity index is 1.17. The van der Waals surface area contributed by atoms with Crippen LogP contribution in [0.25, 0.3) is 10.9 Å². The molecule has 2 aromatic heterocycles. The molecule has 1 amide bonds. The summed E-state index contributed by atoms with van der Waals surface area (Å²) in [7, 11) is 0. The summed E-state index contributed by atoms with van der Waals surface area (Å²) in [5, 5.41) is 1.11. The number of piperazine rings is 1. The molecule has 0 atom stereocenters. The summed E-state index contributed by atoms with van der Waals surface area (Å²) in [6.07, 6.45) is 3.47. The number of anilines is 1. The highest BCUT2D eigenvalue weighted by Crippen LogP contribution is 2.18. The molecule has 1 fully saturated rings. The Kier molecular flexibility index (Phi) is 5.61. The van der Waals surface area contributed by atoms with Gasteiger partial charge in [-0.25, -0.2) is 15.0 Å². The molecule has 5 rings (SSSR count). The van der Waals surface area contributed by atoms with Crippen LogP contribution in [0.1, 0.15) is 16.1 Å². The number of nitrogens with zero attached hydrogens (tertiary/aromatic N) is 5. The molecular formula is C25H23N5O2. The van der Waals surface area contributed by atoms with Gasteiger partial charge in [-0.3, -0.25) is 4.79 Å². The van der Waals surface area contributed by atoms with Crippen LogP contribution >= 0.6 is 0 Å². The van der Waals surface area contributed by atoms with Crippen molar-refractivity contribution in [2.45, 2.75) is 6.61 Å². The number of benzene rings is 2. The molecular weight excluding hydrogens is 402 g/mol. The summed E-state index contributed by atoms with van der Waals surface area (Å²) >= 11 is 0. The number of rotatable bonds is 5. The molecule has 160 valence electrons. The lowest BCUT2D eigenvalue weighted by Crippen LogP contribution is -2.49. The second-order valence-electron chi connectivity index (χ2n) is 7.64. The van der Waals surface area contributed by atoms with Gasteiger partial charge in [-0.15, -0.1) is 0 Å². The van der Waals surface area contributed by atoms with Gasteiger partial charge in [0.25, 0.3) is 5.91 Å². The number of pyridine rings is 1. The summed E-state index contributed by atoms with van der Waals surface area (Å²) in [6.45, 7) is 3.10. The van der Waals surface area contributed by atoms with Crippen LogP contribution in [0.3, 0.4) is 0 Å². The number of amides is 1. The van der Waals surface area contributed by atoms with Gasteiger partial charge in [-0.05, 0) is 42.5 Å². The van der Waals surface area contributed by atoms with E-state index in [-0.39, 0.29) is 5.91 Å². The molecule has 0 spiro atoms. The molecule has 0 aliphatic carbocycles. The Hall–Kier alpha value is -4.00. The maximum atomic E-state index is 12.9. The van der Waals surface area contributed by atoms with Gasteiger partial charge in [-0.2, -0.15) is 0 Å². The minimum absolute atomic E-state index is 0.0291. The van der Waals surface area contributed by atoms with Crippen molar-refractivity contribution in [2.24, 2.45) is 0 Å². The first-order valence-corrected chi connectivity index (χ1v) is 10.6. The number of aromatic nitrogens is 3. The van der Waals surface area contributed by atoms with E-state index >= 15 is 0 Å². The molecule has 7 heteroatoms. The highest BCUT2D eigenvalue weighted by atomic mass is 16.5. The maximum absolute atomic E-state index is 12.9. The standard InChI is InChI=1S/C25H23N5O2/c31-24(29-14-16-30(17-15-29)25-26-12-3-13-27-25)20-7-10-22(11-8-20)32-18-21-9-6-19-4-1-2-5-23(19)28-21/h1-13H,14-18H2. The Morgan fingerprint density at radius 2 is 1.59 bits per heavy atom. The SMILES string of the molecule is O=C(c1ccc(OCc2ccc3ccccc3n2)cc1)N1CCN(c2ncccn2)CC1. The number of fused-ring (bicyclic) bond motifs is 1. The van der Waals surface area contributed by atoms with Crippen LogP contribution in [0.5, 0.6) is 5.75 Å². The van der Waals surface area contributed by atoms with Crippen molar-refractivity contribution in [1.29, 1.82) is 0 Å². The molecule has 1 aliphatic heterocycles. The van der Waals surface area contributed by atoms with Gasteiger partial charge in [0.1, 0.15) is 12.4 Å². The van der Waals surface area contributed by atoms with Crippen LogP contribution in [-0.2, 0) is 6.61 Å². The first-order chi connectivity index (χ1) is 15.8. The molecule has 0 bridgehead atoms. The quantitative estimate of drug-likeness (QED) is 0.487. The zero-order chi connectivity index (χ0) is 21.8. The third-order valence-electron chi connectivity index (χ3n) is 5.55. The predicted octanol–water partition coefficient (Wildman–Crippen LogP) is 3.57. The molecule has 7 nitrogen and oxygen atoms in total. The number of hydrogen-bond acceptors (Lipinski definition) is 6. The monoisotopic (exact) mass is 425 g/mol. The van der Waals surface area contributed by atoms with E-state index in [0.29, 0.717) is 37.0 Å². The largest absolute Gasteiger partial charge is 0.487 e. The Morgan fingerprint density at radius 1 is 0.844 bits per heavy atom. The number of ether oxygens (including phenoxy) is 1. The average Bonchev–Trinajstić information content (AvgIpc) is 2.88. The van der Waals surface area contributed by atoms with Crippen molar-refractivity contribution >= 4 is 22.8 Å². The predicted molar refractivity (Wildman–Crippen MR) is 123 cm³/mol. The molecule has 0 N–H and O–H groups in total. The van der Waals surface area contributed by atoms with Gasteiger partial charge in [-0.1, -0.05) is 24.3 Å². The average molecular weight is 425 g/mol. The van der Waals surface area contributed by atoms with Crippen LogP contribution in [0.15, 0.2) is 79.1 Å². The van der Waals surface area contributed by atoms with E-state index < -0.39 is 0 Å². The van der Waals surface area contributed by atoms with Gasteiger partial charge < -0.3 is 14.5 Å². The second kappa shape index (κ2) is 9.01. The summed E-state index contributed by atoms with van der Waals surface area (Å²) in [5.41, 5.74) is 2.48. The Bertz CT molecular complexity index is 1210. The van der Waals surface area contributed by atoms with Gasteiger partial charge >= 0.3 is 0 Å². The normalized spacial score (nSPS) is 13.9. The Morgan fingerprint density at radius 3 is 2.38 bits per heavy atom. The molecule has 1 saturated heterocycles. The summed E-state index contributed by atoms with van der Waals surface area (Å²) in [6, 6.07) is 21.1.